The lowest BCUT2D eigenvalue weighted by atomic mass is 10.1. The van der Waals surface area contributed by atoms with Crippen LogP contribution in [-0.4, -0.2) is 29.6 Å². The summed E-state index contributed by atoms with van der Waals surface area (Å²) >= 11 is 0. The number of halogens is 1. The Balaban J connectivity index is 2.88. The molecule has 0 aliphatic rings. The SMILES string of the molecule is CCN(C)Cc1ccc(C(=O)O)cc1F. The molecule has 1 aromatic rings. The molecule has 0 aliphatic carbocycles. The first kappa shape index (κ1) is 11.7. The van der Waals surface area contributed by atoms with Gasteiger partial charge in [0.1, 0.15) is 5.82 Å². The normalized spacial score (nSPS) is 10.7. The van der Waals surface area contributed by atoms with Gasteiger partial charge in [-0.15, -0.1) is 0 Å². The Morgan fingerprint density at radius 3 is 2.67 bits per heavy atom. The maximum Gasteiger partial charge on any atom is 0.335 e. The lowest BCUT2D eigenvalue weighted by molar-refractivity contribution is 0.0696. The summed E-state index contributed by atoms with van der Waals surface area (Å²) in [5.74, 6) is -1.57. The van der Waals surface area contributed by atoms with Crippen molar-refractivity contribution >= 4 is 5.97 Å². The zero-order valence-corrected chi connectivity index (χ0v) is 8.83. The maximum absolute atomic E-state index is 13.4. The van der Waals surface area contributed by atoms with Gasteiger partial charge in [0, 0.05) is 12.1 Å². The van der Waals surface area contributed by atoms with E-state index in [2.05, 4.69) is 0 Å². The van der Waals surface area contributed by atoms with E-state index in [4.69, 9.17) is 5.11 Å². The molecule has 0 atom stereocenters. The topological polar surface area (TPSA) is 40.5 Å². The molecule has 0 saturated heterocycles. The van der Waals surface area contributed by atoms with Crippen LogP contribution in [0.4, 0.5) is 4.39 Å². The Morgan fingerprint density at radius 1 is 1.53 bits per heavy atom. The van der Waals surface area contributed by atoms with Gasteiger partial charge in [-0.3, -0.25) is 0 Å². The summed E-state index contributed by atoms with van der Waals surface area (Å²) in [4.78, 5) is 12.5. The summed E-state index contributed by atoms with van der Waals surface area (Å²) in [7, 11) is 1.88. The van der Waals surface area contributed by atoms with Crippen molar-refractivity contribution in [1.29, 1.82) is 0 Å². The smallest absolute Gasteiger partial charge is 0.335 e. The van der Waals surface area contributed by atoms with Gasteiger partial charge in [-0.25, -0.2) is 9.18 Å². The van der Waals surface area contributed by atoms with Crippen molar-refractivity contribution in [2.75, 3.05) is 13.6 Å². The standard InChI is InChI=1S/C11H14FNO2/c1-3-13(2)7-9-5-4-8(11(14)15)6-10(9)12/h4-6H,3,7H2,1-2H3,(H,14,15). The van der Waals surface area contributed by atoms with E-state index in [9.17, 15) is 9.18 Å². The largest absolute Gasteiger partial charge is 0.478 e. The Labute approximate surface area is 88.1 Å². The molecule has 1 aromatic carbocycles. The summed E-state index contributed by atoms with van der Waals surface area (Å²) in [5.41, 5.74) is 0.500. The van der Waals surface area contributed by atoms with Gasteiger partial charge < -0.3 is 10.0 Å². The van der Waals surface area contributed by atoms with Crippen molar-refractivity contribution < 1.29 is 14.3 Å². The van der Waals surface area contributed by atoms with Gasteiger partial charge in [-0.1, -0.05) is 13.0 Å². The summed E-state index contributed by atoms with van der Waals surface area (Å²) < 4.78 is 13.4. The highest BCUT2D eigenvalue weighted by Gasteiger charge is 2.09. The van der Waals surface area contributed by atoms with E-state index in [0.717, 1.165) is 12.6 Å². The number of benzene rings is 1. The second-order valence-electron chi connectivity index (χ2n) is 3.44. The van der Waals surface area contributed by atoms with E-state index in [-0.39, 0.29) is 5.56 Å². The number of aromatic carboxylic acids is 1. The Morgan fingerprint density at radius 2 is 2.20 bits per heavy atom. The minimum atomic E-state index is -1.11. The van der Waals surface area contributed by atoms with E-state index in [1.165, 1.54) is 12.1 Å². The van der Waals surface area contributed by atoms with Crippen LogP contribution in [-0.2, 0) is 6.54 Å². The molecule has 0 radical (unpaired) electrons. The summed E-state index contributed by atoms with van der Waals surface area (Å²) in [6.45, 7) is 3.28. The van der Waals surface area contributed by atoms with E-state index < -0.39 is 11.8 Å². The van der Waals surface area contributed by atoms with E-state index in [1.54, 1.807) is 0 Å². The molecule has 82 valence electrons. The molecule has 1 rings (SSSR count). The number of hydrogen-bond acceptors (Lipinski definition) is 2. The predicted molar refractivity (Wildman–Crippen MR) is 55.4 cm³/mol. The van der Waals surface area contributed by atoms with E-state index >= 15 is 0 Å². The third kappa shape index (κ3) is 3.02. The van der Waals surface area contributed by atoms with Gasteiger partial charge in [0.15, 0.2) is 0 Å². The van der Waals surface area contributed by atoms with Gasteiger partial charge in [0.2, 0.25) is 0 Å². The minimum absolute atomic E-state index is 0.0181. The van der Waals surface area contributed by atoms with Crippen molar-refractivity contribution in [2.45, 2.75) is 13.5 Å². The molecule has 0 bridgehead atoms. The molecule has 0 fully saturated rings. The Hall–Kier alpha value is -1.42. The molecule has 3 nitrogen and oxygen atoms in total. The molecular formula is C11H14FNO2. The monoisotopic (exact) mass is 211 g/mol. The second-order valence-corrected chi connectivity index (χ2v) is 3.44. The van der Waals surface area contributed by atoms with Crippen LogP contribution in [0.2, 0.25) is 0 Å². The van der Waals surface area contributed by atoms with Gasteiger partial charge in [-0.05, 0) is 25.7 Å². The number of rotatable bonds is 4. The van der Waals surface area contributed by atoms with Crippen molar-refractivity contribution in [3.05, 3.63) is 35.1 Å². The first-order valence-electron chi connectivity index (χ1n) is 4.75. The molecule has 0 unspecified atom stereocenters. The molecule has 1 N–H and O–H groups in total. The molecule has 0 spiro atoms. The number of carboxylic acid groups (broad SMARTS) is 1. The summed E-state index contributed by atoms with van der Waals surface area (Å²) in [6.07, 6.45) is 0. The number of nitrogens with zero attached hydrogens (tertiary/aromatic N) is 1. The molecule has 0 heterocycles. The Bertz CT molecular complexity index is 366. The third-order valence-electron chi connectivity index (χ3n) is 2.28. The molecule has 0 saturated carbocycles. The van der Waals surface area contributed by atoms with E-state index in [1.807, 2.05) is 18.9 Å². The second kappa shape index (κ2) is 4.89. The fraction of sp³-hybridized carbons (Fsp3) is 0.364. The van der Waals surface area contributed by atoms with Crippen LogP contribution in [0.5, 0.6) is 0 Å². The summed E-state index contributed by atoms with van der Waals surface area (Å²) in [6, 6.07) is 4.00. The quantitative estimate of drug-likeness (QED) is 0.827. The van der Waals surface area contributed by atoms with Crippen molar-refractivity contribution in [3.63, 3.8) is 0 Å². The molecule has 0 aromatic heterocycles. The van der Waals surface area contributed by atoms with Crippen LogP contribution in [0, 0.1) is 5.82 Å². The van der Waals surface area contributed by atoms with Crippen LogP contribution in [0.3, 0.4) is 0 Å². The molecule has 0 aliphatic heterocycles. The number of carboxylic acids is 1. The van der Waals surface area contributed by atoms with Gasteiger partial charge in [-0.2, -0.15) is 0 Å². The van der Waals surface area contributed by atoms with Crippen molar-refractivity contribution in [2.24, 2.45) is 0 Å². The van der Waals surface area contributed by atoms with Crippen LogP contribution in [0.15, 0.2) is 18.2 Å². The van der Waals surface area contributed by atoms with E-state index in [0.29, 0.717) is 12.1 Å². The fourth-order valence-electron chi connectivity index (χ4n) is 1.21. The third-order valence-corrected chi connectivity index (χ3v) is 2.28. The zero-order valence-electron chi connectivity index (χ0n) is 8.83. The van der Waals surface area contributed by atoms with Crippen LogP contribution < -0.4 is 0 Å². The summed E-state index contributed by atoms with van der Waals surface area (Å²) in [5, 5.41) is 8.65. The highest BCUT2D eigenvalue weighted by Crippen LogP contribution is 2.12. The highest BCUT2D eigenvalue weighted by atomic mass is 19.1. The fourth-order valence-corrected chi connectivity index (χ4v) is 1.21. The predicted octanol–water partition coefficient (Wildman–Crippen LogP) is 1.98. The van der Waals surface area contributed by atoms with Gasteiger partial charge in [0.05, 0.1) is 5.56 Å². The van der Waals surface area contributed by atoms with Crippen LogP contribution >= 0.6 is 0 Å². The van der Waals surface area contributed by atoms with Gasteiger partial charge >= 0.3 is 5.97 Å². The number of carbonyl (C=O) groups is 1. The van der Waals surface area contributed by atoms with Crippen molar-refractivity contribution in [1.82, 2.24) is 4.90 Å². The maximum atomic E-state index is 13.4. The molecular weight excluding hydrogens is 197 g/mol. The first-order valence-corrected chi connectivity index (χ1v) is 4.75. The first-order chi connectivity index (χ1) is 7.04. The van der Waals surface area contributed by atoms with Crippen molar-refractivity contribution in [3.8, 4) is 0 Å². The lowest BCUT2D eigenvalue weighted by Crippen LogP contribution is -2.17. The Kier molecular flexibility index (Phi) is 3.80. The minimum Gasteiger partial charge on any atom is -0.478 e. The average molecular weight is 211 g/mol. The molecule has 4 heteroatoms. The van der Waals surface area contributed by atoms with Crippen LogP contribution in [0.1, 0.15) is 22.8 Å². The lowest BCUT2D eigenvalue weighted by Gasteiger charge is -2.14. The highest BCUT2D eigenvalue weighted by molar-refractivity contribution is 5.87. The number of hydrogen-bond donors (Lipinski definition) is 1. The van der Waals surface area contributed by atoms with Crippen LogP contribution in [0.25, 0.3) is 0 Å². The van der Waals surface area contributed by atoms with Gasteiger partial charge in [0.25, 0.3) is 0 Å². The average Bonchev–Trinajstić information content (AvgIpc) is 2.20. The molecule has 0 amide bonds. The zero-order chi connectivity index (χ0) is 11.4. The molecule has 15 heavy (non-hydrogen) atoms.